The number of carbonyl (C=O) groups is 1. The molecule has 0 atom stereocenters. The van der Waals surface area contributed by atoms with E-state index in [4.69, 9.17) is 4.74 Å². The highest BCUT2D eigenvalue weighted by Crippen LogP contribution is 2.33. The Balaban J connectivity index is 1.63. The molecule has 0 aliphatic carbocycles. The van der Waals surface area contributed by atoms with Crippen LogP contribution in [0.4, 0.5) is 5.69 Å². The second-order valence-electron chi connectivity index (χ2n) is 6.10. The Kier molecular flexibility index (Phi) is 4.44. The molecule has 2 heterocycles. The maximum absolute atomic E-state index is 12.5. The first-order valence-electron chi connectivity index (χ1n) is 7.98. The van der Waals surface area contributed by atoms with E-state index in [9.17, 15) is 4.79 Å². The van der Waals surface area contributed by atoms with Crippen molar-refractivity contribution in [3.63, 3.8) is 0 Å². The van der Waals surface area contributed by atoms with E-state index >= 15 is 0 Å². The second-order valence-corrected chi connectivity index (χ2v) is 6.10. The lowest BCUT2D eigenvalue weighted by Gasteiger charge is -2.30. The van der Waals surface area contributed by atoms with Crippen molar-refractivity contribution in [1.29, 1.82) is 0 Å². The number of nitrogens with one attached hydrogen (secondary N) is 1. The summed E-state index contributed by atoms with van der Waals surface area (Å²) in [5, 5.41) is 3.37. The van der Waals surface area contributed by atoms with Crippen LogP contribution in [0.2, 0.25) is 0 Å². The third-order valence-corrected chi connectivity index (χ3v) is 4.50. The molecule has 0 bridgehead atoms. The van der Waals surface area contributed by atoms with Gasteiger partial charge in [0.05, 0.1) is 12.2 Å². The number of rotatable bonds is 3. The zero-order valence-corrected chi connectivity index (χ0v) is 12.7. The van der Waals surface area contributed by atoms with E-state index < -0.39 is 0 Å². The Morgan fingerprint density at radius 1 is 1.38 bits per heavy atom. The summed E-state index contributed by atoms with van der Waals surface area (Å²) in [7, 11) is 0. The van der Waals surface area contributed by atoms with E-state index in [1.807, 2.05) is 30.0 Å². The predicted molar refractivity (Wildman–Crippen MR) is 83.9 cm³/mol. The van der Waals surface area contributed by atoms with Gasteiger partial charge in [0.25, 0.3) is 0 Å². The molecule has 1 N–H and O–H groups in total. The lowest BCUT2D eigenvalue weighted by Crippen LogP contribution is -2.38. The average Bonchev–Trinajstić information content (AvgIpc) is 2.52. The van der Waals surface area contributed by atoms with Gasteiger partial charge in [0.15, 0.2) is 0 Å². The largest absolute Gasteiger partial charge is 0.490 e. The fourth-order valence-corrected chi connectivity index (χ4v) is 3.22. The Morgan fingerprint density at radius 3 is 3.00 bits per heavy atom. The van der Waals surface area contributed by atoms with Crippen LogP contribution in [-0.2, 0) is 4.79 Å². The summed E-state index contributed by atoms with van der Waals surface area (Å²) in [5.41, 5.74) is 2.10. The molecular formula is C17H24N2O2. The summed E-state index contributed by atoms with van der Waals surface area (Å²) in [6.07, 6.45) is 4.06. The van der Waals surface area contributed by atoms with Gasteiger partial charge < -0.3 is 15.0 Å². The molecular weight excluding hydrogens is 264 g/mol. The summed E-state index contributed by atoms with van der Waals surface area (Å²) >= 11 is 0. The van der Waals surface area contributed by atoms with Crippen molar-refractivity contribution >= 4 is 11.6 Å². The predicted octanol–water partition coefficient (Wildman–Crippen LogP) is 2.50. The molecule has 4 heteroatoms. The molecule has 0 radical (unpaired) electrons. The fourth-order valence-electron chi connectivity index (χ4n) is 3.22. The van der Waals surface area contributed by atoms with E-state index in [2.05, 4.69) is 5.32 Å². The molecule has 1 fully saturated rings. The molecule has 4 nitrogen and oxygen atoms in total. The van der Waals surface area contributed by atoms with Gasteiger partial charge in [-0.05, 0) is 62.9 Å². The molecule has 1 aromatic rings. The molecule has 114 valence electrons. The molecule has 1 saturated heterocycles. The van der Waals surface area contributed by atoms with Crippen LogP contribution in [0.1, 0.15) is 31.2 Å². The van der Waals surface area contributed by atoms with Gasteiger partial charge in [0.1, 0.15) is 12.4 Å². The Morgan fingerprint density at radius 2 is 2.19 bits per heavy atom. The maximum Gasteiger partial charge on any atom is 0.227 e. The summed E-state index contributed by atoms with van der Waals surface area (Å²) in [4.78, 5) is 14.4. The van der Waals surface area contributed by atoms with Crippen molar-refractivity contribution in [3.8, 4) is 5.75 Å². The summed E-state index contributed by atoms with van der Waals surface area (Å²) in [5.74, 6) is 1.78. The molecule has 0 unspecified atom stereocenters. The number of anilines is 1. The highest BCUT2D eigenvalue weighted by Gasteiger charge is 2.24. The number of hydrogen-bond acceptors (Lipinski definition) is 3. The molecule has 0 spiro atoms. The average molecular weight is 288 g/mol. The SMILES string of the molecule is Cc1ccc2c(c1)OCCN2C(=O)CCC1CCNCC1. The van der Waals surface area contributed by atoms with Crippen LogP contribution in [0.25, 0.3) is 0 Å². The van der Waals surface area contributed by atoms with E-state index in [0.29, 0.717) is 25.5 Å². The van der Waals surface area contributed by atoms with Gasteiger partial charge in [-0.2, -0.15) is 0 Å². The van der Waals surface area contributed by atoms with Gasteiger partial charge in [-0.1, -0.05) is 6.07 Å². The highest BCUT2D eigenvalue weighted by atomic mass is 16.5. The topological polar surface area (TPSA) is 41.6 Å². The van der Waals surface area contributed by atoms with Crippen LogP contribution in [0.3, 0.4) is 0 Å². The molecule has 1 amide bonds. The molecule has 2 aliphatic rings. The van der Waals surface area contributed by atoms with Crippen LogP contribution < -0.4 is 15.0 Å². The first-order valence-corrected chi connectivity index (χ1v) is 7.98. The highest BCUT2D eigenvalue weighted by molar-refractivity contribution is 5.95. The van der Waals surface area contributed by atoms with Gasteiger partial charge in [-0.15, -0.1) is 0 Å². The van der Waals surface area contributed by atoms with Crippen molar-refractivity contribution in [2.45, 2.75) is 32.6 Å². The van der Waals surface area contributed by atoms with Crippen LogP contribution >= 0.6 is 0 Å². The number of ether oxygens (including phenoxy) is 1. The van der Waals surface area contributed by atoms with Gasteiger partial charge in [-0.3, -0.25) is 4.79 Å². The summed E-state index contributed by atoms with van der Waals surface area (Å²) in [6, 6.07) is 6.06. The normalized spacial score (nSPS) is 19.0. The van der Waals surface area contributed by atoms with Crippen molar-refractivity contribution < 1.29 is 9.53 Å². The van der Waals surface area contributed by atoms with Crippen LogP contribution in [0.15, 0.2) is 18.2 Å². The molecule has 0 aromatic heterocycles. The monoisotopic (exact) mass is 288 g/mol. The Labute approximate surface area is 126 Å². The smallest absolute Gasteiger partial charge is 0.227 e. The first-order chi connectivity index (χ1) is 10.2. The number of aryl methyl sites for hydroxylation is 1. The number of nitrogens with zero attached hydrogens (tertiary/aromatic N) is 1. The van der Waals surface area contributed by atoms with Crippen molar-refractivity contribution in [1.82, 2.24) is 5.32 Å². The van der Waals surface area contributed by atoms with Gasteiger partial charge in [0.2, 0.25) is 5.91 Å². The zero-order valence-electron chi connectivity index (χ0n) is 12.7. The van der Waals surface area contributed by atoms with Gasteiger partial charge in [0, 0.05) is 6.42 Å². The van der Waals surface area contributed by atoms with E-state index in [1.54, 1.807) is 0 Å². The van der Waals surface area contributed by atoms with Crippen LogP contribution in [-0.4, -0.2) is 32.1 Å². The maximum atomic E-state index is 12.5. The Bertz CT molecular complexity index is 510. The van der Waals surface area contributed by atoms with Crippen molar-refractivity contribution in [2.75, 3.05) is 31.1 Å². The number of fused-ring (bicyclic) bond motifs is 1. The number of piperidine rings is 1. The minimum atomic E-state index is 0.238. The molecule has 21 heavy (non-hydrogen) atoms. The third-order valence-electron chi connectivity index (χ3n) is 4.50. The lowest BCUT2D eigenvalue weighted by molar-refractivity contribution is -0.119. The molecule has 0 saturated carbocycles. The number of carbonyl (C=O) groups excluding carboxylic acids is 1. The first kappa shape index (κ1) is 14.4. The van der Waals surface area contributed by atoms with Crippen LogP contribution in [0.5, 0.6) is 5.75 Å². The number of hydrogen-bond donors (Lipinski definition) is 1. The minimum absolute atomic E-state index is 0.238. The standard InChI is InChI=1S/C17H24N2O2/c1-13-2-4-15-16(12-13)21-11-10-19(15)17(20)5-3-14-6-8-18-9-7-14/h2,4,12,14,18H,3,5-11H2,1H3. The summed E-state index contributed by atoms with van der Waals surface area (Å²) in [6.45, 7) is 5.50. The zero-order chi connectivity index (χ0) is 14.7. The molecule has 2 aliphatic heterocycles. The van der Waals surface area contributed by atoms with Crippen molar-refractivity contribution in [2.24, 2.45) is 5.92 Å². The number of benzene rings is 1. The molecule has 3 rings (SSSR count). The lowest BCUT2D eigenvalue weighted by atomic mass is 9.93. The van der Waals surface area contributed by atoms with E-state index in [0.717, 1.165) is 36.5 Å². The third kappa shape index (κ3) is 3.38. The second kappa shape index (κ2) is 6.48. The minimum Gasteiger partial charge on any atom is -0.490 e. The fraction of sp³-hybridized carbons (Fsp3) is 0.588. The van der Waals surface area contributed by atoms with Crippen LogP contribution in [0, 0.1) is 12.8 Å². The number of amides is 1. The quantitative estimate of drug-likeness (QED) is 0.929. The van der Waals surface area contributed by atoms with Gasteiger partial charge >= 0.3 is 0 Å². The van der Waals surface area contributed by atoms with Gasteiger partial charge in [-0.25, -0.2) is 0 Å². The van der Waals surface area contributed by atoms with E-state index in [1.165, 1.54) is 12.8 Å². The summed E-state index contributed by atoms with van der Waals surface area (Å²) < 4.78 is 5.68. The Hall–Kier alpha value is -1.55. The molecule has 1 aromatic carbocycles. The van der Waals surface area contributed by atoms with E-state index in [-0.39, 0.29) is 5.91 Å². The van der Waals surface area contributed by atoms with Crippen molar-refractivity contribution in [3.05, 3.63) is 23.8 Å².